The summed E-state index contributed by atoms with van der Waals surface area (Å²) in [6.07, 6.45) is 1.81. The van der Waals surface area contributed by atoms with Crippen LogP contribution in [0.15, 0.2) is 0 Å². The predicted molar refractivity (Wildman–Crippen MR) is 56.4 cm³/mol. The zero-order valence-electron chi connectivity index (χ0n) is 9.59. The van der Waals surface area contributed by atoms with Crippen molar-refractivity contribution in [2.24, 2.45) is 10.8 Å². The number of hydrogen-bond acceptors (Lipinski definition) is 2. The lowest BCUT2D eigenvalue weighted by Crippen LogP contribution is -2.38. The first-order chi connectivity index (χ1) is 6.78. The highest BCUT2D eigenvalue weighted by Gasteiger charge is 2.56. The summed E-state index contributed by atoms with van der Waals surface area (Å²) in [5, 5.41) is 11.6. The minimum atomic E-state index is -1.10. The molecular weight excluding hydrogens is 194 g/mol. The van der Waals surface area contributed by atoms with Crippen LogP contribution in [-0.2, 0) is 9.59 Å². The molecule has 0 saturated heterocycles. The first kappa shape index (κ1) is 12.0. The summed E-state index contributed by atoms with van der Waals surface area (Å²) in [6, 6.07) is 0. The van der Waals surface area contributed by atoms with E-state index < -0.39 is 11.4 Å². The van der Waals surface area contributed by atoms with Crippen LogP contribution in [0, 0.1) is 10.8 Å². The Morgan fingerprint density at radius 1 is 1.33 bits per heavy atom. The van der Waals surface area contributed by atoms with E-state index in [4.69, 9.17) is 5.11 Å². The summed E-state index contributed by atoms with van der Waals surface area (Å²) in [5.41, 5.74) is -0.939. The number of amides is 1. The third-order valence-corrected chi connectivity index (χ3v) is 2.75. The highest BCUT2D eigenvalue weighted by molar-refractivity contribution is 6.04. The van der Waals surface area contributed by atoms with Gasteiger partial charge >= 0.3 is 5.97 Å². The van der Waals surface area contributed by atoms with Gasteiger partial charge in [-0.2, -0.15) is 0 Å². The molecule has 0 radical (unpaired) electrons. The lowest BCUT2D eigenvalue weighted by atomic mass is 9.92. The number of carboxylic acid groups (broad SMARTS) is 1. The van der Waals surface area contributed by atoms with Crippen molar-refractivity contribution in [1.29, 1.82) is 0 Å². The van der Waals surface area contributed by atoms with E-state index in [0.29, 0.717) is 19.4 Å². The van der Waals surface area contributed by atoms with E-state index in [1.165, 1.54) is 0 Å². The van der Waals surface area contributed by atoms with E-state index in [1.807, 2.05) is 0 Å². The summed E-state index contributed by atoms with van der Waals surface area (Å²) in [7, 11) is 0. The normalized spacial score (nSPS) is 18.3. The second-order valence-corrected chi connectivity index (χ2v) is 5.45. The number of nitrogens with one attached hydrogen (secondary N) is 1. The Kier molecular flexibility index (Phi) is 3.07. The first-order valence-electron chi connectivity index (χ1n) is 5.30. The topological polar surface area (TPSA) is 66.4 Å². The van der Waals surface area contributed by atoms with Crippen LogP contribution < -0.4 is 5.32 Å². The van der Waals surface area contributed by atoms with Gasteiger partial charge in [0.15, 0.2) is 0 Å². The molecule has 0 aromatic heterocycles. The van der Waals surface area contributed by atoms with E-state index in [2.05, 4.69) is 26.1 Å². The van der Waals surface area contributed by atoms with Gasteiger partial charge in [-0.05, 0) is 24.7 Å². The molecule has 0 aliphatic heterocycles. The van der Waals surface area contributed by atoms with Gasteiger partial charge in [0.25, 0.3) is 0 Å². The van der Waals surface area contributed by atoms with E-state index >= 15 is 0 Å². The molecule has 0 aromatic carbocycles. The van der Waals surface area contributed by atoms with Gasteiger partial charge in [0.2, 0.25) is 5.91 Å². The van der Waals surface area contributed by atoms with E-state index in [0.717, 1.165) is 6.42 Å². The van der Waals surface area contributed by atoms with E-state index in [9.17, 15) is 9.59 Å². The fraction of sp³-hybridized carbons (Fsp3) is 0.818. The van der Waals surface area contributed by atoms with Gasteiger partial charge < -0.3 is 10.4 Å². The maximum Gasteiger partial charge on any atom is 0.319 e. The van der Waals surface area contributed by atoms with Crippen molar-refractivity contribution in [3.63, 3.8) is 0 Å². The lowest BCUT2D eigenvalue weighted by molar-refractivity contribution is -0.149. The summed E-state index contributed by atoms with van der Waals surface area (Å²) >= 11 is 0. The standard InChI is InChI=1S/C11H19NO3/c1-10(2,3)6-7-12-8(13)11(4-5-11)9(14)15/h4-7H2,1-3H3,(H,12,13)(H,14,15). The molecule has 0 unspecified atom stereocenters. The minimum absolute atomic E-state index is 0.160. The highest BCUT2D eigenvalue weighted by atomic mass is 16.4. The summed E-state index contributed by atoms with van der Waals surface area (Å²) < 4.78 is 0. The molecule has 4 nitrogen and oxygen atoms in total. The highest BCUT2D eigenvalue weighted by Crippen LogP contribution is 2.46. The van der Waals surface area contributed by atoms with Gasteiger partial charge in [0, 0.05) is 6.54 Å². The molecule has 4 heteroatoms. The van der Waals surface area contributed by atoms with Gasteiger partial charge in [0.1, 0.15) is 5.41 Å². The smallest absolute Gasteiger partial charge is 0.319 e. The predicted octanol–water partition coefficient (Wildman–Crippen LogP) is 1.40. The third-order valence-electron chi connectivity index (χ3n) is 2.75. The Balaban J connectivity index is 2.35. The number of carbonyl (C=O) groups is 2. The number of hydrogen-bond donors (Lipinski definition) is 2. The largest absolute Gasteiger partial charge is 0.480 e. The molecule has 0 bridgehead atoms. The van der Waals surface area contributed by atoms with Gasteiger partial charge in [0.05, 0.1) is 0 Å². The molecule has 1 rings (SSSR count). The van der Waals surface area contributed by atoms with E-state index in [-0.39, 0.29) is 11.3 Å². The summed E-state index contributed by atoms with van der Waals surface area (Å²) in [4.78, 5) is 22.4. The first-order valence-corrected chi connectivity index (χ1v) is 5.30. The van der Waals surface area contributed by atoms with Crippen molar-refractivity contribution in [2.75, 3.05) is 6.54 Å². The molecule has 0 heterocycles. The molecule has 1 fully saturated rings. The van der Waals surface area contributed by atoms with Crippen LogP contribution in [0.2, 0.25) is 0 Å². The second kappa shape index (κ2) is 3.83. The molecule has 1 aliphatic rings. The Morgan fingerprint density at radius 2 is 1.87 bits per heavy atom. The SMILES string of the molecule is CC(C)(C)CCNC(=O)C1(C(=O)O)CC1. The average molecular weight is 213 g/mol. The van der Waals surface area contributed by atoms with Crippen molar-refractivity contribution < 1.29 is 14.7 Å². The van der Waals surface area contributed by atoms with Crippen molar-refractivity contribution >= 4 is 11.9 Å². The second-order valence-electron chi connectivity index (χ2n) is 5.45. The average Bonchev–Trinajstić information content (AvgIpc) is 2.80. The molecular formula is C11H19NO3. The quantitative estimate of drug-likeness (QED) is 0.694. The Hall–Kier alpha value is -1.06. The molecule has 2 N–H and O–H groups in total. The zero-order valence-corrected chi connectivity index (χ0v) is 9.59. The van der Waals surface area contributed by atoms with Crippen LogP contribution in [0.5, 0.6) is 0 Å². The molecule has 0 atom stereocenters. The molecule has 1 saturated carbocycles. The molecule has 86 valence electrons. The maximum absolute atomic E-state index is 11.6. The van der Waals surface area contributed by atoms with Gasteiger partial charge in [-0.25, -0.2) is 0 Å². The van der Waals surface area contributed by atoms with Crippen molar-refractivity contribution in [3.05, 3.63) is 0 Å². The monoisotopic (exact) mass is 213 g/mol. The minimum Gasteiger partial charge on any atom is -0.480 e. The van der Waals surface area contributed by atoms with Crippen molar-refractivity contribution in [1.82, 2.24) is 5.32 Å². The van der Waals surface area contributed by atoms with Crippen LogP contribution in [-0.4, -0.2) is 23.5 Å². The van der Waals surface area contributed by atoms with E-state index in [1.54, 1.807) is 0 Å². The molecule has 1 aliphatic carbocycles. The number of rotatable bonds is 4. The van der Waals surface area contributed by atoms with Crippen LogP contribution in [0.4, 0.5) is 0 Å². The van der Waals surface area contributed by atoms with Crippen LogP contribution in [0.3, 0.4) is 0 Å². The van der Waals surface area contributed by atoms with Crippen molar-refractivity contribution in [2.45, 2.75) is 40.0 Å². The van der Waals surface area contributed by atoms with Gasteiger partial charge in [-0.15, -0.1) is 0 Å². The molecule has 15 heavy (non-hydrogen) atoms. The maximum atomic E-state index is 11.6. The molecule has 0 spiro atoms. The van der Waals surface area contributed by atoms with Crippen molar-refractivity contribution in [3.8, 4) is 0 Å². The molecule has 0 aromatic rings. The summed E-state index contributed by atoms with van der Waals surface area (Å²) in [5.74, 6) is -1.31. The van der Waals surface area contributed by atoms with Crippen LogP contribution >= 0.6 is 0 Å². The fourth-order valence-electron chi connectivity index (χ4n) is 1.38. The third kappa shape index (κ3) is 2.94. The number of carbonyl (C=O) groups excluding carboxylic acids is 1. The fourth-order valence-corrected chi connectivity index (χ4v) is 1.38. The Bertz CT molecular complexity index is 274. The zero-order chi connectivity index (χ0) is 11.7. The van der Waals surface area contributed by atoms with Gasteiger partial charge in [-0.1, -0.05) is 20.8 Å². The van der Waals surface area contributed by atoms with Crippen LogP contribution in [0.1, 0.15) is 40.0 Å². The lowest BCUT2D eigenvalue weighted by Gasteiger charge is -2.19. The summed E-state index contributed by atoms with van der Waals surface area (Å²) in [6.45, 7) is 6.81. The Labute approximate surface area is 90.0 Å². The molecule has 1 amide bonds. The van der Waals surface area contributed by atoms with Gasteiger partial charge in [-0.3, -0.25) is 9.59 Å². The number of aliphatic carboxylic acids is 1. The van der Waals surface area contributed by atoms with Crippen LogP contribution in [0.25, 0.3) is 0 Å². The Morgan fingerprint density at radius 3 is 2.20 bits per heavy atom. The number of carboxylic acids is 1.